The van der Waals surface area contributed by atoms with Crippen LogP contribution in [0.1, 0.15) is 50.3 Å². The zero-order valence-electron chi connectivity index (χ0n) is 23.8. The number of allylic oxidation sites excluding steroid dienone is 2. The van der Waals surface area contributed by atoms with Crippen molar-refractivity contribution < 1.29 is 23.8 Å². The van der Waals surface area contributed by atoms with Crippen molar-refractivity contribution in [2.75, 3.05) is 7.11 Å². The van der Waals surface area contributed by atoms with Crippen molar-refractivity contribution in [3.63, 3.8) is 0 Å². The largest absolute Gasteiger partial charge is 0.427 e. The highest BCUT2D eigenvalue weighted by Crippen LogP contribution is 2.57. The molecule has 1 heterocycles. The molecule has 1 aromatic heterocycles. The quantitative estimate of drug-likeness (QED) is 0.157. The predicted octanol–water partition coefficient (Wildman–Crippen LogP) is 7.38. The van der Waals surface area contributed by atoms with Crippen LogP contribution in [-0.2, 0) is 19.7 Å². The molecule has 0 fully saturated rings. The number of methoxy groups -OCH3 is 1. The number of esters is 2. The molecule has 0 saturated carbocycles. The second-order valence-electron chi connectivity index (χ2n) is 11.1. The molecule has 6 rings (SSSR count). The van der Waals surface area contributed by atoms with Crippen molar-refractivity contribution in [3.8, 4) is 11.5 Å². The van der Waals surface area contributed by atoms with Crippen molar-refractivity contribution in [2.45, 2.75) is 50.0 Å². The van der Waals surface area contributed by atoms with Gasteiger partial charge in [0.15, 0.2) is 0 Å². The Kier molecular flexibility index (Phi) is 7.48. The molecule has 6 heteroatoms. The zero-order valence-corrected chi connectivity index (χ0v) is 23.8. The number of fused-ring (bicyclic) bond motifs is 4. The Bertz CT molecular complexity index is 1630. The van der Waals surface area contributed by atoms with Crippen LogP contribution in [0.25, 0.3) is 16.5 Å². The maximum absolute atomic E-state index is 13.2. The van der Waals surface area contributed by atoms with E-state index in [1.807, 2.05) is 60.7 Å². The summed E-state index contributed by atoms with van der Waals surface area (Å²) in [6, 6.07) is 28.4. The first-order chi connectivity index (χ1) is 20.4. The highest BCUT2D eigenvalue weighted by atomic mass is 16.5. The summed E-state index contributed by atoms with van der Waals surface area (Å²) in [4.78, 5) is 31.5. The molecule has 3 aromatic carbocycles. The fourth-order valence-electron chi connectivity index (χ4n) is 6.09. The number of hydrogen-bond donors (Lipinski definition) is 0. The summed E-state index contributed by atoms with van der Waals surface area (Å²) in [5.41, 5.74) is 3.68. The molecule has 0 radical (unpaired) electrons. The fourth-order valence-corrected chi connectivity index (χ4v) is 6.09. The molecule has 2 aliphatic rings. The van der Waals surface area contributed by atoms with Crippen LogP contribution in [0.3, 0.4) is 0 Å². The number of para-hydroxylation sites is 3. The van der Waals surface area contributed by atoms with E-state index in [0.29, 0.717) is 30.8 Å². The van der Waals surface area contributed by atoms with Crippen LogP contribution >= 0.6 is 0 Å². The normalized spacial score (nSPS) is 18.4. The number of carbonyl (C=O) groups excluding carboxylic acids is 2. The van der Waals surface area contributed by atoms with E-state index in [1.54, 1.807) is 31.4 Å². The molecular weight excluding hydrogens is 526 g/mol. The molecule has 0 N–H and O–H groups in total. The Hall–Kier alpha value is -4.55. The van der Waals surface area contributed by atoms with Crippen LogP contribution < -0.4 is 9.47 Å². The maximum atomic E-state index is 13.2. The van der Waals surface area contributed by atoms with Gasteiger partial charge >= 0.3 is 11.9 Å². The van der Waals surface area contributed by atoms with E-state index < -0.39 is 11.0 Å². The number of carbonyl (C=O) groups is 2. The van der Waals surface area contributed by atoms with Crippen molar-refractivity contribution in [3.05, 3.63) is 120 Å². The van der Waals surface area contributed by atoms with Gasteiger partial charge in [-0.15, -0.1) is 0 Å². The molecule has 0 bridgehead atoms. The molecule has 42 heavy (non-hydrogen) atoms. The van der Waals surface area contributed by atoms with Gasteiger partial charge in [-0.2, -0.15) is 0 Å². The van der Waals surface area contributed by atoms with Gasteiger partial charge in [-0.05, 0) is 79.8 Å². The molecule has 6 nitrogen and oxygen atoms in total. The van der Waals surface area contributed by atoms with Crippen LogP contribution in [0.5, 0.6) is 11.5 Å². The molecule has 2 aliphatic carbocycles. The van der Waals surface area contributed by atoms with Gasteiger partial charge in [0.1, 0.15) is 11.5 Å². The second kappa shape index (κ2) is 11.4. The van der Waals surface area contributed by atoms with Crippen LogP contribution in [0.15, 0.2) is 109 Å². The van der Waals surface area contributed by atoms with E-state index in [9.17, 15) is 9.59 Å². The van der Waals surface area contributed by atoms with Crippen molar-refractivity contribution in [1.29, 1.82) is 0 Å². The highest BCUT2D eigenvalue weighted by Gasteiger charge is 2.49. The fraction of sp³-hybridized carbons (Fsp3) is 0.250. The average Bonchev–Trinajstić information content (AvgIpc) is 3.26. The molecule has 1 atom stereocenters. The van der Waals surface area contributed by atoms with Crippen molar-refractivity contribution >= 4 is 28.4 Å². The average molecular weight is 560 g/mol. The first-order valence-electron chi connectivity index (χ1n) is 14.3. The number of hydrogen-bond acceptors (Lipinski definition) is 6. The van der Waals surface area contributed by atoms with Gasteiger partial charge in [0, 0.05) is 36.3 Å². The lowest BCUT2D eigenvalue weighted by Crippen LogP contribution is -2.33. The Morgan fingerprint density at radius 2 is 1.38 bits per heavy atom. The van der Waals surface area contributed by atoms with Gasteiger partial charge in [0.25, 0.3) is 0 Å². The first kappa shape index (κ1) is 27.6. The number of rotatable bonds is 9. The smallest absolute Gasteiger partial charge is 0.311 e. The minimum absolute atomic E-state index is 0.156. The third-order valence-corrected chi connectivity index (χ3v) is 8.39. The van der Waals surface area contributed by atoms with Gasteiger partial charge in [-0.1, -0.05) is 60.7 Å². The number of nitrogens with zero attached hydrogens (tertiary/aromatic N) is 1. The molecule has 0 spiro atoms. The van der Waals surface area contributed by atoms with Gasteiger partial charge in [-0.25, -0.2) is 4.98 Å². The Morgan fingerprint density at radius 3 is 1.98 bits per heavy atom. The molecule has 1 unspecified atom stereocenters. The van der Waals surface area contributed by atoms with Crippen LogP contribution in [-0.4, -0.2) is 29.6 Å². The van der Waals surface area contributed by atoms with Gasteiger partial charge in [0.2, 0.25) is 0 Å². The van der Waals surface area contributed by atoms with Crippen molar-refractivity contribution in [1.82, 2.24) is 4.98 Å². The molecule has 0 aliphatic heterocycles. The third-order valence-electron chi connectivity index (χ3n) is 8.39. The topological polar surface area (TPSA) is 74.7 Å². The van der Waals surface area contributed by atoms with Gasteiger partial charge in [-0.3, -0.25) is 9.59 Å². The number of aromatic nitrogens is 1. The highest BCUT2D eigenvalue weighted by molar-refractivity contribution is 5.94. The molecule has 4 aromatic rings. The van der Waals surface area contributed by atoms with E-state index in [1.165, 1.54) is 0 Å². The van der Waals surface area contributed by atoms with Crippen LogP contribution in [0.4, 0.5) is 0 Å². The summed E-state index contributed by atoms with van der Waals surface area (Å²) in [5.74, 6) is 0.357. The number of benzene rings is 3. The Balaban J connectivity index is 1.41. The Morgan fingerprint density at radius 1 is 0.810 bits per heavy atom. The van der Waals surface area contributed by atoms with E-state index in [4.69, 9.17) is 19.2 Å². The third kappa shape index (κ3) is 5.38. The van der Waals surface area contributed by atoms with E-state index in [-0.39, 0.29) is 24.8 Å². The number of pyridine rings is 1. The first-order valence-corrected chi connectivity index (χ1v) is 14.3. The lowest BCUT2D eigenvalue weighted by Gasteiger charge is -2.36. The van der Waals surface area contributed by atoms with Crippen LogP contribution in [0, 0.1) is 0 Å². The summed E-state index contributed by atoms with van der Waals surface area (Å²) in [6.07, 6.45) is 6.23. The maximum Gasteiger partial charge on any atom is 0.311 e. The molecular formula is C36H33NO5. The summed E-state index contributed by atoms with van der Waals surface area (Å²) >= 11 is 0. The lowest BCUT2D eigenvalue weighted by molar-refractivity contribution is -0.134. The van der Waals surface area contributed by atoms with E-state index >= 15 is 0 Å². The summed E-state index contributed by atoms with van der Waals surface area (Å²) in [6.45, 7) is 2.05. The van der Waals surface area contributed by atoms with Crippen LogP contribution in [0.2, 0.25) is 0 Å². The van der Waals surface area contributed by atoms with Gasteiger partial charge in [0.05, 0.1) is 16.8 Å². The minimum atomic E-state index is -0.677. The van der Waals surface area contributed by atoms with Gasteiger partial charge < -0.3 is 14.2 Å². The molecule has 212 valence electrons. The number of ether oxygens (including phenoxy) is 3. The summed E-state index contributed by atoms with van der Waals surface area (Å²) in [5, 5.41) is 1.01. The standard InChI is InChI=1S/C36H33NO5/c1-35(40-2)20-17-28-30(24-35)36(21-18-32(38)41-26-12-5-3-6-13-26,22-19-33(39)42-27-14-7-4-8-15-27)29-23-25-11-9-10-16-31(25)37-34(28)29/h3-17,23-24H,18-22H2,1-2H3. The lowest BCUT2D eigenvalue weighted by atomic mass is 9.69. The van der Waals surface area contributed by atoms with E-state index in [0.717, 1.165) is 33.3 Å². The SMILES string of the molecule is COC1(C)C=C2C(=CC1)c1nc3ccccc3cc1C2(CCC(=O)Oc1ccccc1)CCC(=O)Oc1ccccc1. The minimum Gasteiger partial charge on any atom is -0.427 e. The summed E-state index contributed by atoms with van der Waals surface area (Å²) < 4.78 is 17.3. The van der Waals surface area contributed by atoms with E-state index in [2.05, 4.69) is 25.1 Å². The predicted molar refractivity (Wildman–Crippen MR) is 162 cm³/mol. The molecule has 0 saturated heterocycles. The van der Waals surface area contributed by atoms with Crippen molar-refractivity contribution in [2.24, 2.45) is 0 Å². The zero-order chi connectivity index (χ0) is 29.2. The monoisotopic (exact) mass is 559 g/mol. The summed E-state index contributed by atoms with van der Waals surface area (Å²) in [7, 11) is 1.71. The second-order valence-corrected chi connectivity index (χ2v) is 11.1. The molecule has 0 amide bonds. The Labute approximate surface area is 245 Å².